The first kappa shape index (κ1) is 39.2. The zero-order valence-electron chi connectivity index (χ0n) is 29.5. The van der Waals surface area contributed by atoms with Crippen LogP contribution in [0.1, 0.15) is 89.0 Å². The molecule has 1 heterocycles. The molecule has 0 aliphatic rings. The van der Waals surface area contributed by atoms with E-state index in [4.69, 9.17) is 14.6 Å². The van der Waals surface area contributed by atoms with Gasteiger partial charge in [0.15, 0.2) is 0 Å². The normalized spacial score (nSPS) is 12.5. The second-order valence-electron chi connectivity index (χ2n) is 12.3. The fourth-order valence-corrected chi connectivity index (χ4v) is 5.89. The van der Waals surface area contributed by atoms with Gasteiger partial charge in [-0.3, -0.25) is 9.59 Å². The van der Waals surface area contributed by atoms with E-state index in [-0.39, 0.29) is 49.0 Å². The molecule has 11 nitrogen and oxygen atoms in total. The van der Waals surface area contributed by atoms with E-state index in [1.165, 1.54) is 36.4 Å². The van der Waals surface area contributed by atoms with Gasteiger partial charge in [0.2, 0.25) is 0 Å². The number of benzene rings is 3. The standard InChI is InChI=1S/C40H43FN2O9/c1-5-51-39(49)28-18-25(19-29(20-28)40(50)52-6-2)23-42-38(48)37-36(26-10-8-7-9-11-26)35(27-12-14-30(41)15-13-27)33(43(37)24(3)4)17-16-31(44)21-32(45)22-34(46)47/h7-20,24,31-32,44-45H,5-6,21-23H2,1-4H3,(H,42,48)(H,46,47)/b17-16+/t31-,32-/m1/s1. The van der Waals surface area contributed by atoms with Crippen molar-refractivity contribution < 1.29 is 48.4 Å². The van der Waals surface area contributed by atoms with Crippen LogP contribution in [-0.4, -0.2) is 69.1 Å². The average molecular weight is 715 g/mol. The number of nitrogens with zero attached hydrogens (tertiary/aromatic N) is 1. The Hall–Kier alpha value is -5.59. The quantitative estimate of drug-likeness (QED) is 0.0959. The molecule has 0 unspecified atom stereocenters. The van der Waals surface area contributed by atoms with Crippen molar-refractivity contribution in [3.8, 4) is 22.3 Å². The number of carbonyl (C=O) groups excluding carboxylic acids is 3. The minimum atomic E-state index is -1.29. The van der Waals surface area contributed by atoms with Gasteiger partial charge in [-0.05, 0) is 80.8 Å². The van der Waals surface area contributed by atoms with Gasteiger partial charge in [-0.2, -0.15) is 0 Å². The summed E-state index contributed by atoms with van der Waals surface area (Å²) in [5.74, 6) is -3.45. The number of ether oxygens (including phenoxy) is 2. The van der Waals surface area contributed by atoms with E-state index < -0.39 is 48.3 Å². The van der Waals surface area contributed by atoms with Crippen molar-refractivity contribution in [1.29, 1.82) is 0 Å². The Morgan fingerprint density at radius 3 is 1.96 bits per heavy atom. The van der Waals surface area contributed by atoms with Crippen LogP contribution in [-0.2, 0) is 20.8 Å². The smallest absolute Gasteiger partial charge is 0.338 e. The number of aliphatic hydroxyl groups is 2. The van der Waals surface area contributed by atoms with E-state index in [1.807, 2.05) is 44.2 Å². The van der Waals surface area contributed by atoms with Crippen molar-refractivity contribution in [3.05, 3.63) is 113 Å². The molecule has 0 saturated heterocycles. The fraction of sp³-hybridized carbons (Fsp3) is 0.300. The van der Waals surface area contributed by atoms with Crippen molar-refractivity contribution in [1.82, 2.24) is 9.88 Å². The molecule has 4 N–H and O–H groups in total. The van der Waals surface area contributed by atoms with Gasteiger partial charge in [-0.1, -0.05) is 48.5 Å². The van der Waals surface area contributed by atoms with Gasteiger partial charge in [0.1, 0.15) is 11.5 Å². The van der Waals surface area contributed by atoms with Crippen molar-refractivity contribution in [2.45, 2.75) is 65.3 Å². The third-order valence-corrected chi connectivity index (χ3v) is 8.04. The van der Waals surface area contributed by atoms with Crippen molar-refractivity contribution >= 4 is 29.9 Å². The Balaban J connectivity index is 1.89. The highest BCUT2D eigenvalue weighted by molar-refractivity contribution is 6.06. The summed E-state index contributed by atoms with van der Waals surface area (Å²) in [7, 11) is 0. The van der Waals surface area contributed by atoms with Crippen molar-refractivity contribution in [3.63, 3.8) is 0 Å². The summed E-state index contributed by atoms with van der Waals surface area (Å²) in [5.41, 5.74) is 3.74. The maximum Gasteiger partial charge on any atom is 0.338 e. The number of aliphatic hydroxyl groups excluding tert-OH is 2. The Morgan fingerprint density at radius 2 is 1.42 bits per heavy atom. The predicted octanol–water partition coefficient (Wildman–Crippen LogP) is 6.43. The molecular weight excluding hydrogens is 671 g/mol. The summed E-state index contributed by atoms with van der Waals surface area (Å²) < 4.78 is 26.3. The van der Waals surface area contributed by atoms with Crippen LogP contribution in [0.15, 0.2) is 78.9 Å². The van der Waals surface area contributed by atoms with Crippen LogP contribution in [0.2, 0.25) is 0 Å². The Labute approximate surface area is 301 Å². The summed E-state index contributed by atoms with van der Waals surface area (Å²) in [6, 6.07) is 19.0. The molecule has 0 aliphatic heterocycles. The number of nitrogens with one attached hydrogen (secondary N) is 1. The van der Waals surface area contributed by atoms with E-state index in [0.717, 1.165) is 0 Å². The number of esters is 2. The van der Waals surface area contributed by atoms with Crippen LogP contribution in [0, 0.1) is 5.82 Å². The number of hydrogen-bond acceptors (Lipinski definition) is 8. The van der Waals surface area contributed by atoms with Crippen LogP contribution < -0.4 is 5.32 Å². The van der Waals surface area contributed by atoms with Crippen molar-refractivity contribution in [2.24, 2.45) is 0 Å². The summed E-state index contributed by atoms with van der Waals surface area (Å²) in [6.07, 6.45) is -0.285. The third kappa shape index (κ3) is 9.80. The van der Waals surface area contributed by atoms with Crippen molar-refractivity contribution in [2.75, 3.05) is 13.2 Å². The van der Waals surface area contributed by atoms with E-state index in [9.17, 15) is 33.8 Å². The van der Waals surface area contributed by atoms with E-state index in [1.54, 1.807) is 36.6 Å². The lowest BCUT2D eigenvalue weighted by Gasteiger charge is -2.18. The van der Waals surface area contributed by atoms with Gasteiger partial charge in [0.05, 0.1) is 43.0 Å². The van der Waals surface area contributed by atoms with Gasteiger partial charge in [0.25, 0.3) is 5.91 Å². The highest BCUT2D eigenvalue weighted by Crippen LogP contribution is 2.42. The van der Waals surface area contributed by atoms with Gasteiger partial charge < -0.3 is 34.7 Å². The lowest BCUT2D eigenvalue weighted by atomic mass is 9.94. The first-order valence-electron chi connectivity index (χ1n) is 17.0. The molecule has 4 rings (SSSR count). The molecule has 1 amide bonds. The van der Waals surface area contributed by atoms with E-state index in [2.05, 4.69) is 5.32 Å². The molecule has 3 aromatic carbocycles. The molecule has 1 aromatic heterocycles. The number of carbonyl (C=O) groups is 4. The van der Waals surface area contributed by atoms with Crippen LogP contribution >= 0.6 is 0 Å². The zero-order valence-corrected chi connectivity index (χ0v) is 29.5. The molecule has 274 valence electrons. The molecule has 0 radical (unpaired) electrons. The number of carboxylic acids is 1. The third-order valence-electron chi connectivity index (χ3n) is 8.04. The highest BCUT2D eigenvalue weighted by Gasteiger charge is 2.29. The maximum atomic E-state index is 14.5. The molecule has 52 heavy (non-hydrogen) atoms. The lowest BCUT2D eigenvalue weighted by Crippen LogP contribution is -2.27. The van der Waals surface area contributed by atoms with Gasteiger partial charge in [-0.25, -0.2) is 14.0 Å². The molecule has 12 heteroatoms. The summed E-state index contributed by atoms with van der Waals surface area (Å²) in [5, 5.41) is 32.9. The molecule has 0 spiro atoms. The van der Waals surface area contributed by atoms with Gasteiger partial charge >= 0.3 is 17.9 Å². The number of rotatable bonds is 16. The second-order valence-corrected chi connectivity index (χ2v) is 12.3. The Bertz CT molecular complexity index is 1880. The topological polar surface area (TPSA) is 164 Å². The largest absolute Gasteiger partial charge is 0.481 e. The minimum Gasteiger partial charge on any atom is -0.481 e. The number of carboxylic acid groups (broad SMARTS) is 1. The second kappa shape index (κ2) is 18.1. The number of aliphatic carboxylic acids is 1. The molecule has 0 bridgehead atoms. The maximum absolute atomic E-state index is 14.5. The summed E-state index contributed by atoms with van der Waals surface area (Å²) in [4.78, 5) is 50.9. The van der Waals surface area contributed by atoms with Crippen LogP contribution in [0.5, 0.6) is 0 Å². The van der Waals surface area contributed by atoms with E-state index >= 15 is 0 Å². The molecule has 2 atom stereocenters. The van der Waals surface area contributed by atoms with Gasteiger partial charge in [-0.15, -0.1) is 0 Å². The van der Waals surface area contributed by atoms with Crippen LogP contribution in [0.4, 0.5) is 4.39 Å². The van der Waals surface area contributed by atoms with E-state index in [0.29, 0.717) is 33.5 Å². The first-order valence-corrected chi connectivity index (χ1v) is 17.0. The summed E-state index contributed by atoms with van der Waals surface area (Å²) in [6.45, 7) is 7.22. The number of hydrogen-bond donors (Lipinski definition) is 4. The monoisotopic (exact) mass is 714 g/mol. The lowest BCUT2D eigenvalue weighted by molar-refractivity contribution is -0.139. The molecule has 4 aromatic rings. The molecule has 0 aliphatic carbocycles. The number of amides is 1. The number of halogens is 1. The minimum absolute atomic E-state index is 0.0901. The molecule has 0 saturated carbocycles. The zero-order chi connectivity index (χ0) is 37.9. The Morgan fingerprint density at radius 1 is 0.846 bits per heavy atom. The fourth-order valence-electron chi connectivity index (χ4n) is 5.89. The first-order chi connectivity index (χ1) is 24.8. The number of aromatic nitrogens is 1. The summed E-state index contributed by atoms with van der Waals surface area (Å²) >= 11 is 0. The van der Waals surface area contributed by atoms with Crippen LogP contribution in [0.25, 0.3) is 28.3 Å². The molecule has 0 fully saturated rings. The van der Waals surface area contributed by atoms with Crippen LogP contribution in [0.3, 0.4) is 0 Å². The molecular formula is C40H43FN2O9. The van der Waals surface area contributed by atoms with Gasteiger partial charge in [0, 0.05) is 35.8 Å². The highest BCUT2D eigenvalue weighted by atomic mass is 19.1. The SMILES string of the molecule is CCOC(=O)c1cc(CNC(=O)c2c(-c3ccccc3)c(-c3ccc(F)cc3)c(/C=C/[C@@H](O)C[C@@H](O)CC(=O)O)n2C(C)C)cc(C(=O)OCC)c1. The average Bonchev–Trinajstić information content (AvgIpc) is 3.45. The predicted molar refractivity (Wildman–Crippen MR) is 193 cm³/mol. The Kier molecular flexibility index (Phi) is 13.6.